The predicted octanol–water partition coefficient (Wildman–Crippen LogP) is 2.28. The fourth-order valence-corrected chi connectivity index (χ4v) is 2.47. The van der Waals surface area contributed by atoms with Crippen LogP contribution in [0.25, 0.3) is 0 Å². The Balaban J connectivity index is 2.03. The van der Waals surface area contributed by atoms with E-state index in [9.17, 15) is 4.79 Å². The SMILES string of the molecule is CN(Cc1cccc(Br)c1)Cc1ccoc1C(=O)NN. The summed E-state index contributed by atoms with van der Waals surface area (Å²) in [5.74, 6) is 4.97. The van der Waals surface area contributed by atoms with Crippen molar-refractivity contribution >= 4 is 21.8 Å². The fraction of sp³-hybridized carbons (Fsp3) is 0.214. The van der Waals surface area contributed by atoms with Crippen molar-refractivity contribution < 1.29 is 9.21 Å². The Hall–Kier alpha value is -1.63. The molecule has 2 rings (SSSR count). The highest BCUT2D eigenvalue weighted by atomic mass is 79.9. The van der Waals surface area contributed by atoms with Crippen molar-refractivity contribution in [1.82, 2.24) is 10.3 Å². The molecule has 5 nitrogen and oxygen atoms in total. The van der Waals surface area contributed by atoms with E-state index in [1.54, 1.807) is 6.07 Å². The average molecular weight is 338 g/mol. The second-order valence-corrected chi connectivity index (χ2v) is 5.47. The van der Waals surface area contributed by atoms with Crippen LogP contribution in [0, 0.1) is 0 Å². The molecule has 0 spiro atoms. The number of hydrogen-bond acceptors (Lipinski definition) is 4. The number of benzene rings is 1. The molecule has 2 aromatic rings. The topological polar surface area (TPSA) is 71.5 Å². The highest BCUT2D eigenvalue weighted by Gasteiger charge is 2.15. The molecule has 0 saturated heterocycles. The van der Waals surface area contributed by atoms with Crippen LogP contribution in [0.5, 0.6) is 0 Å². The molecule has 1 aromatic heterocycles. The maximum atomic E-state index is 11.5. The van der Waals surface area contributed by atoms with E-state index >= 15 is 0 Å². The van der Waals surface area contributed by atoms with Gasteiger partial charge in [0.25, 0.3) is 0 Å². The molecule has 0 bridgehead atoms. The van der Waals surface area contributed by atoms with Crippen LogP contribution in [0.4, 0.5) is 0 Å². The number of hydrogen-bond donors (Lipinski definition) is 2. The zero-order chi connectivity index (χ0) is 14.5. The fourth-order valence-electron chi connectivity index (χ4n) is 2.02. The van der Waals surface area contributed by atoms with Gasteiger partial charge in [0.15, 0.2) is 5.76 Å². The normalized spacial score (nSPS) is 10.8. The maximum Gasteiger partial charge on any atom is 0.301 e. The number of nitrogens with two attached hydrogens (primary N) is 1. The molecule has 1 aromatic carbocycles. The zero-order valence-electron chi connectivity index (χ0n) is 11.1. The Bertz CT molecular complexity index is 598. The largest absolute Gasteiger partial charge is 0.459 e. The van der Waals surface area contributed by atoms with E-state index in [4.69, 9.17) is 10.3 Å². The minimum Gasteiger partial charge on any atom is -0.459 e. The standard InChI is InChI=1S/C14H16BrN3O2/c1-18(8-10-3-2-4-12(15)7-10)9-11-5-6-20-13(11)14(19)17-16/h2-7H,8-9,16H2,1H3,(H,17,19). The summed E-state index contributed by atoms with van der Waals surface area (Å²) in [5.41, 5.74) is 4.08. The first-order valence-electron chi connectivity index (χ1n) is 6.10. The van der Waals surface area contributed by atoms with Gasteiger partial charge in [-0.25, -0.2) is 5.84 Å². The van der Waals surface area contributed by atoms with E-state index in [0.717, 1.165) is 16.6 Å². The first kappa shape index (κ1) is 14.8. The quantitative estimate of drug-likeness (QED) is 0.498. The lowest BCUT2D eigenvalue weighted by Gasteiger charge is -2.16. The van der Waals surface area contributed by atoms with Crippen molar-refractivity contribution in [2.24, 2.45) is 5.84 Å². The summed E-state index contributed by atoms with van der Waals surface area (Å²) in [6, 6.07) is 9.90. The van der Waals surface area contributed by atoms with Gasteiger partial charge in [-0.15, -0.1) is 0 Å². The molecule has 3 N–H and O–H groups in total. The molecule has 106 valence electrons. The summed E-state index contributed by atoms with van der Waals surface area (Å²) in [6.07, 6.45) is 1.49. The molecular formula is C14H16BrN3O2. The molecule has 0 radical (unpaired) electrons. The molecule has 6 heteroatoms. The number of carbonyl (C=O) groups is 1. The molecular weight excluding hydrogens is 322 g/mol. The van der Waals surface area contributed by atoms with Gasteiger partial charge in [-0.3, -0.25) is 15.1 Å². The predicted molar refractivity (Wildman–Crippen MR) is 79.7 cm³/mol. The van der Waals surface area contributed by atoms with Crippen LogP contribution in [-0.2, 0) is 13.1 Å². The number of furan rings is 1. The smallest absolute Gasteiger partial charge is 0.301 e. The van der Waals surface area contributed by atoms with E-state index in [1.165, 1.54) is 11.8 Å². The van der Waals surface area contributed by atoms with Crippen LogP contribution < -0.4 is 11.3 Å². The first-order valence-corrected chi connectivity index (χ1v) is 6.89. The number of rotatable bonds is 5. The minimum absolute atomic E-state index is 0.258. The Labute approximate surface area is 125 Å². The van der Waals surface area contributed by atoms with Crippen molar-refractivity contribution in [2.45, 2.75) is 13.1 Å². The number of nitrogens with zero attached hydrogens (tertiary/aromatic N) is 1. The van der Waals surface area contributed by atoms with E-state index in [-0.39, 0.29) is 5.76 Å². The molecule has 0 unspecified atom stereocenters. The van der Waals surface area contributed by atoms with Gasteiger partial charge >= 0.3 is 5.91 Å². The van der Waals surface area contributed by atoms with Crippen LogP contribution >= 0.6 is 15.9 Å². The van der Waals surface area contributed by atoms with E-state index in [1.807, 2.05) is 19.2 Å². The number of nitrogen functional groups attached to an aromatic ring is 1. The molecule has 0 aliphatic rings. The summed E-state index contributed by atoms with van der Waals surface area (Å²) in [7, 11) is 1.98. The highest BCUT2D eigenvalue weighted by molar-refractivity contribution is 9.10. The lowest BCUT2D eigenvalue weighted by Crippen LogP contribution is -2.31. The van der Waals surface area contributed by atoms with Gasteiger partial charge in [0.05, 0.1) is 6.26 Å². The average Bonchev–Trinajstić information content (AvgIpc) is 2.85. The molecule has 20 heavy (non-hydrogen) atoms. The summed E-state index contributed by atoms with van der Waals surface area (Å²) < 4.78 is 6.21. The van der Waals surface area contributed by atoms with Crippen molar-refractivity contribution in [3.05, 3.63) is 58.0 Å². The number of halogens is 1. The summed E-state index contributed by atoms with van der Waals surface area (Å²) in [5, 5.41) is 0. The van der Waals surface area contributed by atoms with Crippen LogP contribution in [-0.4, -0.2) is 17.9 Å². The Morgan fingerprint density at radius 1 is 1.40 bits per heavy atom. The van der Waals surface area contributed by atoms with Crippen LogP contribution in [0.3, 0.4) is 0 Å². The van der Waals surface area contributed by atoms with Gasteiger partial charge in [0.2, 0.25) is 0 Å². The first-order chi connectivity index (χ1) is 9.60. The summed E-state index contributed by atoms with van der Waals surface area (Å²) in [6.45, 7) is 1.38. The number of carbonyl (C=O) groups excluding carboxylic acids is 1. The molecule has 0 aliphatic heterocycles. The Kier molecular flexibility index (Phi) is 4.94. The van der Waals surface area contributed by atoms with Gasteiger partial charge in [0.1, 0.15) is 0 Å². The third kappa shape index (κ3) is 3.69. The van der Waals surface area contributed by atoms with Gasteiger partial charge < -0.3 is 4.42 Å². The minimum atomic E-state index is -0.416. The van der Waals surface area contributed by atoms with Crippen LogP contribution in [0.1, 0.15) is 21.7 Å². The second-order valence-electron chi connectivity index (χ2n) is 4.55. The molecule has 1 amide bonds. The molecule has 0 saturated carbocycles. The number of amides is 1. The Morgan fingerprint density at radius 3 is 2.90 bits per heavy atom. The van der Waals surface area contributed by atoms with Crippen LogP contribution in [0.2, 0.25) is 0 Å². The van der Waals surface area contributed by atoms with Crippen molar-refractivity contribution in [3.63, 3.8) is 0 Å². The summed E-state index contributed by atoms with van der Waals surface area (Å²) in [4.78, 5) is 13.6. The zero-order valence-corrected chi connectivity index (χ0v) is 12.7. The van der Waals surface area contributed by atoms with Crippen LogP contribution in [0.15, 0.2) is 45.5 Å². The van der Waals surface area contributed by atoms with Crippen molar-refractivity contribution in [2.75, 3.05) is 7.05 Å². The lowest BCUT2D eigenvalue weighted by molar-refractivity contribution is 0.0923. The number of nitrogens with one attached hydrogen (secondary N) is 1. The lowest BCUT2D eigenvalue weighted by atomic mass is 10.2. The molecule has 0 atom stereocenters. The Morgan fingerprint density at radius 2 is 2.20 bits per heavy atom. The van der Waals surface area contributed by atoms with E-state index in [0.29, 0.717) is 6.54 Å². The van der Waals surface area contributed by atoms with Crippen molar-refractivity contribution in [1.29, 1.82) is 0 Å². The third-order valence-electron chi connectivity index (χ3n) is 2.87. The van der Waals surface area contributed by atoms with E-state index in [2.05, 4.69) is 38.4 Å². The monoisotopic (exact) mass is 337 g/mol. The second kappa shape index (κ2) is 6.69. The third-order valence-corrected chi connectivity index (χ3v) is 3.36. The van der Waals surface area contributed by atoms with Gasteiger partial charge in [-0.05, 0) is 30.8 Å². The summed E-state index contributed by atoms with van der Waals surface area (Å²) >= 11 is 3.45. The molecule has 1 heterocycles. The maximum absolute atomic E-state index is 11.5. The molecule has 0 aliphatic carbocycles. The highest BCUT2D eigenvalue weighted by Crippen LogP contribution is 2.16. The van der Waals surface area contributed by atoms with Crippen molar-refractivity contribution in [3.8, 4) is 0 Å². The number of hydrazine groups is 1. The van der Waals surface area contributed by atoms with Gasteiger partial charge in [-0.2, -0.15) is 0 Å². The molecule has 0 fully saturated rings. The van der Waals surface area contributed by atoms with E-state index < -0.39 is 5.91 Å². The van der Waals surface area contributed by atoms with Gasteiger partial charge in [-0.1, -0.05) is 28.1 Å². The van der Waals surface area contributed by atoms with Gasteiger partial charge in [0, 0.05) is 23.1 Å².